The van der Waals surface area contributed by atoms with Crippen molar-refractivity contribution in [1.82, 2.24) is 10.1 Å². The molecule has 1 aromatic rings. The molecule has 0 radical (unpaired) electrons. The lowest BCUT2D eigenvalue weighted by Gasteiger charge is -2.26. The number of methoxy groups -OCH3 is 1. The Hall–Kier alpha value is -1.43. The van der Waals surface area contributed by atoms with Gasteiger partial charge in [0.15, 0.2) is 0 Å². The number of carbonyl (C=O) groups is 1. The first-order valence-electron chi connectivity index (χ1n) is 7.51. The largest absolute Gasteiger partial charge is 0.465 e. The van der Waals surface area contributed by atoms with Crippen LogP contribution in [-0.2, 0) is 19.9 Å². The second kappa shape index (κ2) is 7.54. The third-order valence-corrected chi connectivity index (χ3v) is 3.86. The van der Waals surface area contributed by atoms with Crippen molar-refractivity contribution < 1.29 is 18.8 Å². The fourth-order valence-electron chi connectivity index (χ4n) is 2.38. The lowest BCUT2D eigenvalue weighted by molar-refractivity contribution is -0.146. The van der Waals surface area contributed by atoms with E-state index in [0.29, 0.717) is 18.3 Å². The SMILES string of the molecule is CCOC(=O)C(c1nc(C(CC)(CC)OC)no1)C(C)C. The monoisotopic (exact) mass is 298 g/mol. The van der Waals surface area contributed by atoms with Crippen LogP contribution in [0.25, 0.3) is 0 Å². The first-order valence-corrected chi connectivity index (χ1v) is 7.51. The number of aromatic nitrogens is 2. The molecule has 1 atom stereocenters. The van der Waals surface area contributed by atoms with Crippen molar-refractivity contribution in [2.45, 2.75) is 59.0 Å². The van der Waals surface area contributed by atoms with Crippen LogP contribution in [0.1, 0.15) is 65.1 Å². The fourth-order valence-corrected chi connectivity index (χ4v) is 2.38. The van der Waals surface area contributed by atoms with Crippen LogP contribution in [0.2, 0.25) is 0 Å². The molecule has 6 heteroatoms. The summed E-state index contributed by atoms with van der Waals surface area (Å²) in [5, 5.41) is 4.03. The maximum atomic E-state index is 12.1. The highest BCUT2D eigenvalue weighted by Crippen LogP contribution is 2.32. The molecule has 1 heterocycles. The van der Waals surface area contributed by atoms with Gasteiger partial charge in [-0.2, -0.15) is 4.98 Å². The zero-order chi connectivity index (χ0) is 16.0. The van der Waals surface area contributed by atoms with Gasteiger partial charge in [0, 0.05) is 7.11 Å². The minimum absolute atomic E-state index is 0.0116. The molecule has 6 nitrogen and oxygen atoms in total. The molecule has 0 aromatic carbocycles. The number of nitrogens with zero attached hydrogens (tertiary/aromatic N) is 2. The van der Waals surface area contributed by atoms with Gasteiger partial charge in [-0.1, -0.05) is 32.9 Å². The number of carbonyl (C=O) groups excluding carboxylic acids is 1. The summed E-state index contributed by atoms with van der Waals surface area (Å²) in [6.45, 7) is 9.97. The highest BCUT2D eigenvalue weighted by molar-refractivity contribution is 5.77. The Kier molecular flexibility index (Phi) is 6.33. The smallest absolute Gasteiger partial charge is 0.318 e. The van der Waals surface area contributed by atoms with Gasteiger partial charge in [0.2, 0.25) is 11.7 Å². The maximum absolute atomic E-state index is 12.1. The Labute approximate surface area is 126 Å². The molecule has 120 valence electrons. The molecule has 0 aliphatic rings. The molecule has 0 aliphatic heterocycles. The van der Waals surface area contributed by atoms with Gasteiger partial charge < -0.3 is 14.0 Å². The normalized spacial score (nSPS) is 13.5. The van der Waals surface area contributed by atoms with Crippen molar-refractivity contribution in [2.24, 2.45) is 5.92 Å². The Morgan fingerprint density at radius 3 is 2.33 bits per heavy atom. The van der Waals surface area contributed by atoms with Crippen LogP contribution in [0.3, 0.4) is 0 Å². The summed E-state index contributed by atoms with van der Waals surface area (Å²) >= 11 is 0. The van der Waals surface area contributed by atoms with Crippen molar-refractivity contribution in [2.75, 3.05) is 13.7 Å². The second-order valence-electron chi connectivity index (χ2n) is 5.34. The van der Waals surface area contributed by atoms with E-state index in [1.165, 1.54) is 0 Å². The standard InChI is InChI=1S/C15H26N2O4/c1-7-15(8-2,19-6)14-16-12(21-17-14)11(10(4)5)13(18)20-9-3/h10-11H,7-9H2,1-6H3. The number of ether oxygens (including phenoxy) is 2. The summed E-state index contributed by atoms with van der Waals surface area (Å²) in [5.41, 5.74) is -0.571. The molecule has 1 aromatic heterocycles. The van der Waals surface area contributed by atoms with Crippen molar-refractivity contribution in [1.29, 1.82) is 0 Å². The van der Waals surface area contributed by atoms with E-state index in [4.69, 9.17) is 14.0 Å². The highest BCUT2D eigenvalue weighted by atomic mass is 16.5. The summed E-state index contributed by atoms with van der Waals surface area (Å²) in [6.07, 6.45) is 1.45. The van der Waals surface area contributed by atoms with Crippen LogP contribution in [0.5, 0.6) is 0 Å². The minimum atomic E-state index is -0.571. The summed E-state index contributed by atoms with van der Waals surface area (Å²) in [6, 6.07) is 0. The molecule has 0 saturated carbocycles. The first kappa shape index (κ1) is 17.6. The molecule has 0 fully saturated rings. The van der Waals surface area contributed by atoms with Crippen LogP contribution < -0.4 is 0 Å². The topological polar surface area (TPSA) is 74.5 Å². The van der Waals surface area contributed by atoms with Crippen LogP contribution >= 0.6 is 0 Å². The highest BCUT2D eigenvalue weighted by Gasteiger charge is 2.37. The van der Waals surface area contributed by atoms with Crippen LogP contribution in [0.4, 0.5) is 0 Å². The molecule has 0 saturated heterocycles. The van der Waals surface area contributed by atoms with Gasteiger partial charge in [0.25, 0.3) is 0 Å². The van der Waals surface area contributed by atoms with Gasteiger partial charge in [-0.15, -0.1) is 0 Å². The Balaban J connectivity index is 3.12. The summed E-state index contributed by atoms with van der Waals surface area (Å²) in [7, 11) is 1.63. The average Bonchev–Trinajstić information content (AvgIpc) is 2.91. The molecule has 1 rings (SSSR count). The van der Waals surface area contributed by atoms with E-state index in [1.807, 2.05) is 27.7 Å². The zero-order valence-electron chi connectivity index (χ0n) is 13.8. The van der Waals surface area contributed by atoms with E-state index < -0.39 is 11.5 Å². The molecular formula is C15H26N2O4. The van der Waals surface area contributed by atoms with Gasteiger partial charge in [-0.25, -0.2) is 0 Å². The average molecular weight is 298 g/mol. The van der Waals surface area contributed by atoms with Crippen molar-refractivity contribution in [3.63, 3.8) is 0 Å². The van der Waals surface area contributed by atoms with Crippen LogP contribution in [0, 0.1) is 5.92 Å². The molecule has 0 aliphatic carbocycles. The molecular weight excluding hydrogens is 272 g/mol. The van der Waals surface area contributed by atoms with E-state index in [-0.39, 0.29) is 11.9 Å². The molecule has 0 amide bonds. The van der Waals surface area contributed by atoms with E-state index in [0.717, 1.165) is 12.8 Å². The number of esters is 1. The lowest BCUT2D eigenvalue weighted by atomic mass is 9.94. The summed E-state index contributed by atoms with van der Waals surface area (Å²) in [4.78, 5) is 16.5. The quantitative estimate of drug-likeness (QED) is 0.687. The number of hydrogen-bond acceptors (Lipinski definition) is 6. The maximum Gasteiger partial charge on any atom is 0.318 e. The van der Waals surface area contributed by atoms with Crippen LogP contribution in [-0.4, -0.2) is 29.8 Å². The van der Waals surface area contributed by atoms with Crippen molar-refractivity contribution in [3.05, 3.63) is 11.7 Å². The van der Waals surface area contributed by atoms with Gasteiger partial charge in [0.1, 0.15) is 11.5 Å². The van der Waals surface area contributed by atoms with Crippen LogP contribution in [0.15, 0.2) is 4.52 Å². The Bertz CT molecular complexity index is 444. The van der Waals surface area contributed by atoms with E-state index in [2.05, 4.69) is 10.1 Å². The predicted octanol–water partition coefficient (Wildman–Crippen LogP) is 3.03. The Morgan fingerprint density at radius 2 is 1.90 bits per heavy atom. The fraction of sp³-hybridized carbons (Fsp3) is 0.800. The zero-order valence-corrected chi connectivity index (χ0v) is 13.8. The minimum Gasteiger partial charge on any atom is -0.465 e. The van der Waals surface area contributed by atoms with Crippen molar-refractivity contribution in [3.8, 4) is 0 Å². The third kappa shape index (κ3) is 3.61. The molecule has 0 N–H and O–H groups in total. The summed E-state index contributed by atoms with van der Waals surface area (Å²) < 4.78 is 16.0. The molecule has 0 spiro atoms. The van der Waals surface area contributed by atoms with Gasteiger partial charge in [0.05, 0.1) is 6.61 Å². The molecule has 0 bridgehead atoms. The van der Waals surface area contributed by atoms with E-state index in [9.17, 15) is 4.79 Å². The summed E-state index contributed by atoms with van der Waals surface area (Å²) in [5.74, 6) is -0.0903. The molecule has 21 heavy (non-hydrogen) atoms. The number of hydrogen-bond donors (Lipinski definition) is 0. The van der Waals surface area contributed by atoms with Crippen molar-refractivity contribution >= 4 is 5.97 Å². The first-order chi connectivity index (χ1) is 9.95. The van der Waals surface area contributed by atoms with E-state index >= 15 is 0 Å². The number of rotatable bonds is 8. The Morgan fingerprint density at radius 1 is 1.29 bits per heavy atom. The van der Waals surface area contributed by atoms with Gasteiger partial charge >= 0.3 is 5.97 Å². The lowest BCUT2D eigenvalue weighted by Crippen LogP contribution is -2.28. The van der Waals surface area contributed by atoms with Gasteiger partial charge in [-0.3, -0.25) is 4.79 Å². The van der Waals surface area contributed by atoms with E-state index in [1.54, 1.807) is 14.0 Å². The third-order valence-electron chi connectivity index (χ3n) is 3.86. The predicted molar refractivity (Wildman–Crippen MR) is 77.8 cm³/mol. The van der Waals surface area contributed by atoms with Gasteiger partial charge in [-0.05, 0) is 25.7 Å². The molecule has 1 unspecified atom stereocenters. The second-order valence-corrected chi connectivity index (χ2v) is 5.34.